The van der Waals surface area contributed by atoms with E-state index in [0.29, 0.717) is 9.50 Å². The Morgan fingerprint density at radius 1 is 1.26 bits per heavy atom. The van der Waals surface area contributed by atoms with Crippen LogP contribution in [0.4, 0.5) is 5.82 Å². The summed E-state index contributed by atoms with van der Waals surface area (Å²) in [6.45, 7) is 1.88. The highest BCUT2D eigenvalue weighted by Crippen LogP contribution is 2.25. The van der Waals surface area contributed by atoms with E-state index in [1.165, 1.54) is 18.3 Å². The molecule has 0 aliphatic heterocycles. The van der Waals surface area contributed by atoms with Crippen molar-refractivity contribution in [3.8, 4) is 0 Å². The third-order valence-corrected chi connectivity index (χ3v) is 4.90. The topological polar surface area (TPSA) is 59.1 Å². The summed E-state index contributed by atoms with van der Waals surface area (Å²) >= 11 is 9.03. The van der Waals surface area contributed by atoms with Gasteiger partial charge in [-0.2, -0.15) is 0 Å². The first kappa shape index (κ1) is 14.3. The van der Waals surface area contributed by atoms with Crippen LogP contribution >= 0.6 is 27.5 Å². The third kappa shape index (κ3) is 3.46. The van der Waals surface area contributed by atoms with Crippen molar-refractivity contribution in [1.29, 1.82) is 0 Å². The molecule has 0 atom stereocenters. The molecule has 0 aliphatic carbocycles. The van der Waals surface area contributed by atoms with E-state index in [0.717, 1.165) is 5.56 Å². The summed E-state index contributed by atoms with van der Waals surface area (Å²) in [6, 6.07) is 8.01. The van der Waals surface area contributed by atoms with Gasteiger partial charge >= 0.3 is 0 Å². The number of aryl methyl sites for hydroxylation is 1. The summed E-state index contributed by atoms with van der Waals surface area (Å²) in [5, 5.41) is 0.413. The smallest absolute Gasteiger partial charge is 0.263 e. The zero-order valence-electron chi connectivity index (χ0n) is 9.89. The standard InChI is InChI=1S/C12H10BrClN2O2S/c1-8-2-3-11(10(13)6-8)19(17,18)16-12-7-9(14)4-5-15-12/h2-7H,1H3,(H,15,16). The van der Waals surface area contributed by atoms with E-state index in [9.17, 15) is 8.42 Å². The van der Waals surface area contributed by atoms with Gasteiger partial charge in [-0.1, -0.05) is 17.7 Å². The van der Waals surface area contributed by atoms with Crippen molar-refractivity contribution >= 4 is 43.4 Å². The SMILES string of the molecule is Cc1ccc(S(=O)(=O)Nc2cc(Cl)ccn2)c(Br)c1. The maximum absolute atomic E-state index is 12.2. The third-order valence-electron chi connectivity index (χ3n) is 2.34. The second-order valence-corrected chi connectivity index (χ2v) is 6.84. The van der Waals surface area contributed by atoms with E-state index in [-0.39, 0.29) is 10.7 Å². The summed E-state index contributed by atoms with van der Waals surface area (Å²) in [7, 11) is -3.70. The number of nitrogens with zero attached hydrogens (tertiary/aromatic N) is 1. The molecule has 7 heteroatoms. The lowest BCUT2D eigenvalue weighted by atomic mass is 10.2. The summed E-state index contributed by atoms with van der Waals surface area (Å²) in [5.41, 5.74) is 0.965. The Hall–Kier alpha value is -1.11. The van der Waals surface area contributed by atoms with Crippen molar-refractivity contribution < 1.29 is 8.42 Å². The average Bonchev–Trinajstić information content (AvgIpc) is 2.27. The number of hydrogen-bond acceptors (Lipinski definition) is 3. The first-order valence-corrected chi connectivity index (χ1v) is 7.94. The molecule has 0 amide bonds. The van der Waals surface area contributed by atoms with Crippen molar-refractivity contribution in [3.63, 3.8) is 0 Å². The van der Waals surface area contributed by atoms with Gasteiger partial charge in [0.15, 0.2) is 0 Å². The van der Waals surface area contributed by atoms with Crippen LogP contribution in [0.2, 0.25) is 5.02 Å². The zero-order valence-corrected chi connectivity index (χ0v) is 13.1. The van der Waals surface area contributed by atoms with Crippen LogP contribution in [0.15, 0.2) is 45.9 Å². The molecule has 0 aliphatic rings. The molecule has 2 aromatic rings. The molecule has 0 radical (unpaired) electrons. The normalized spacial score (nSPS) is 11.3. The fourth-order valence-electron chi connectivity index (χ4n) is 1.48. The second kappa shape index (κ2) is 5.48. The number of benzene rings is 1. The number of sulfonamides is 1. The van der Waals surface area contributed by atoms with Crippen LogP contribution in [0.25, 0.3) is 0 Å². The van der Waals surface area contributed by atoms with E-state index < -0.39 is 10.0 Å². The van der Waals surface area contributed by atoms with Crippen molar-refractivity contribution in [3.05, 3.63) is 51.6 Å². The number of nitrogens with one attached hydrogen (secondary N) is 1. The quantitative estimate of drug-likeness (QED) is 0.908. The number of pyridine rings is 1. The zero-order chi connectivity index (χ0) is 14.0. The first-order valence-electron chi connectivity index (χ1n) is 5.29. The monoisotopic (exact) mass is 360 g/mol. The van der Waals surface area contributed by atoms with E-state index >= 15 is 0 Å². The number of aromatic nitrogens is 1. The lowest BCUT2D eigenvalue weighted by Crippen LogP contribution is -2.14. The van der Waals surface area contributed by atoms with Gasteiger partial charge in [0.05, 0.1) is 0 Å². The fraction of sp³-hybridized carbons (Fsp3) is 0.0833. The highest BCUT2D eigenvalue weighted by atomic mass is 79.9. The fourth-order valence-corrected chi connectivity index (χ4v) is 3.83. The van der Waals surface area contributed by atoms with Gasteiger partial charge in [0.1, 0.15) is 10.7 Å². The summed E-state index contributed by atoms with van der Waals surface area (Å²) in [6.07, 6.45) is 1.43. The Labute approximate surface area is 125 Å². The molecule has 0 fully saturated rings. The van der Waals surface area contributed by atoms with E-state index in [2.05, 4.69) is 25.6 Å². The van der Waals surface area contributed by atoms with Gasteiger partial charge < -0.3 is 0 Å². The lowest BCUT2D eigenvalue weighted by Gasteiger charge is -2.09. The summed E-state index contributed by atoms with van der Waals surface area (Å²) < 4.78 is 27.3. The van der Waals surface area contributed by atoms with Crippen molar-refractivity contribution in [2.24, 2.45) is 0 Å². The molecule has 100 valence electrons. The summed E-state index contributed by atoms with van der Waals surface area (Å²) in [4.78, 5) is 4.06. The van der Waals surface area contributed by atoms with Gasteiger partial charge in [-0.25, -0.2) is 13.4 Å². The van der Waals surface area contributed by atoms with Crippen LogP contribution in [0, 0.1) is 6.92 Å². The number of rotatable bonds is 3. The number of hydrogen-bond donors (Lipinski definition) is 1. The molecule has 1 aromatic carbocycles. The van der Waals surface area contributed by atoms with Crippen LogP contribution in [-0.2, 0) is 10.0 Å². The molecule has 0 unspecified atom stereocenters. The second-order valence-electron chi connectivity index (χ2n) is 3.90. The van der Waals surface area contributed by atoms with Crippen molar-refractivity contribution in [2.75, 3.05) is 4.72 Å². The van der Waals surface area contributed by atoms with Gasteiger partial charge in [0.2, 0.25) is 0 Å². The Kier molecular flexibility index (Phi) is 4.13. The first-order chi connectivity index (χ1) is 8.88. The minimum Gasteiger partial charge on any atom is -0.263 e. The molecule has 1 heterocycles. The van der Waals surface area contributed by atoms with Gasteiger partial charge in [-0.3, -0.25) is 4.72 Å². The van der Waals surface area contributed by atoms with Crippen LogP contribution in [0.3, 0.4) is 0 Å². The van der Waals surface area contributed by atoms with Gasteiger partial charge in [0, 0.05) is 21.8 Å². The molecule has 0 saturated heterocycles. The van der Waals surface area contributed by atoms with E-state index in [1.54, 1.807) is 18.2 Å². The molecule has 1 N–H and O–H groups in total. The highest BCUT2D eigenvalue weighted by Gasteiger charge is 2.18. The Bertz CT molecular complexity index is 719. The van der Waals surface area contributed by atoms with Gasteiger partial charge in [-0.15, -0.1) is 0 Å². The molecular formula is C12H10BrClN2O2S. The maximum Gasteiger partial charge on any atom is 0.264 e. The van der Waals surface area contributed by atoms with Crippen LogP contribution in [0.5, 0.6) is 0 Å². The summed E-state index contributed by atoms with van der Waals surface area (Å²) in [5.74, 6) is 0.181. The minimum absolute atomic E-state index is 0.153. The Morgan fingerprint density at radius 2 is 2.00 bits per heavy atom. The van der Waals surface area contributed by atoms with E-state index in [4.69, 9.17) is 11.6 Å². The van der Waals surface area contributed by atoms with Crippen LogP contribution in [-0.4, -0.2) is 13.4 Å². The number of anilines is 1. The van der Waals surface area contributed by atoms with E-state index in [1.807, 2.05) is 6.92 Å². The molecular weight excluding hydrogens is 352 g/mol. The molecule has 0 saturated carbocycles. The number of halogens is 2. The molecule has 1 aromatic heterocycles. The minimum atomic E-state index is -3.70. The van der Waals surface area contributed by atoms with Crippen molar-refractivity contribution in [1.82, 2.24) is 4.98 Å². The predicted octanol–water partition coefficient (Wildman–Crippen LogP) is 3.61. The maximum atomic E-state index is 12.2. The van der Waals surface area contributed by atoms with Gasteiger partial charge in [0.25, 0.3) is 10.0 Å². The van der Waals surface area contributed by atoms with Gasteiger partial charge in [-0.05, 0) is 46.6 Å². The Morgan fingerprint density at radius 3 is 2.63 bits per heavy atom. The molecule has 0 bridgehead atoms. The average molecular weight is 362 g/mol. The van der Waals surface area contributed by atoms with Crippen molar-refractivity contribution in [2.45, 2.75) is 11.8 Å². The highest BCUT2D eigenvalue weighted by molar-refractivity contribution is 9.10. The molecule has 4 nitrogen and oxygen atoms in total. The van der Waals surface area contributed by atoms with Crippen LogP contribution < -0.4 is 4.72 Å². The predicted molar refractivity (Wildman–Crippen MR) is 78.9 cm³/mol. The lowest BCUT2D eigenvalue weighted by molar-refractivity contribution is 0.600. The largest absolute Gasteiger partial charge is 0.264 e. The molecule has 0 spiro atoms. The van der Waals surface area contributed by atoms with Crippen LogP contribution in [0.1, 0.15) is 5.56 Å². The molecule has 19 heavy (non-hydrogen) atoms. The Balaban J connectivity index is 2.38. The molecule has 2 rings (SSSR count).